The van der Waals surface area contributed by atoms with Gasteiger partial charge in [-0.2, -0.15) is 11.8 Å². The number of nitrogens with two attached hydrogens (primary N) is 1. The normalized spacial score (nSPS) is 22.5. The summed E-state index contributed by atoms with van der Waals surface area (Å²) in [5.74, 6) is 0.953. The van der Waals surface area contributed by atoms with Crippen LogP contribution in [0.2, 0.25) is 0 Å². The number of unbranched alkanes of at least 4 members (excludes halogenated alkanes) is 1. The summed E-state index contributed by atoms with van der Waals surface area (Å²) in [5.41, 5.74) is 6.88. The lowest BCUT2D eigenvalue weighted by molar-refractivity contribution is -0.119. The molecule has 1 aromatic carbocycles. The quantitative estimate of drug-likeness (QED) is 0.0994. The predicted octanol–water partition coefficient (Wildman–Crippen LogP) is 2.91. The first-order valence-electron chi connectivity index (χ1n) is 10.9. The number of benzene rings is 1. The third-order valence-corrected chi connectivity index (χ3v) is 10.3. The van der Waals surface area contributed by atoms with Gasteiger partial charge < -0.3 is 21.7 Å². The van der Waals surface area contributed by atoms with E-state index in [4.69, 9.17) is 5.73 Å². The number of thioether (sulfide) groups is 1. The number of carbonyl (C=O) groups is 3. The largest absolute Gasteiger partial charge is 0.399 e. The molecule has 0 bridgehead atoms. The SMILES string of the molecule is CP(CCCNC(=O)c1ccc(N)cc1)SNC(=O)CCCCC1SCC2NC(=O)NC21. The number of hydrogen-bond donors (Lipinski definition) is 5. The van der Waals surface area contributed by atoms with Crippen molar-refractivity contribution in [2.75, 3.05) is 30.9 Å². The number of hydrogen-bond acceptors (Lipinski definition) is 6. The second-order valence-corrected chi connectivity index (χ2v) is 13.8. The van der Waals surface area contributed by atoms with Crippen LogP contribution in [0.4, 0.5) is 10.5 Å². The summed E-state index contributed by atoms with van der Waals surface area (Å²) in [6.07, 6.45) is 5.24. The molecule has 2 aliphatic heterocycles. The minimum Gasteiger partial charge on any atom is -0.399 e. The van der Waals surface area contributed by atoms with Crippen molar-refractivity contribution in [1.29, 1.82) is 0 Å². The van der Waals surface area contributed by atoms with Gasteiger partial charge in [0.2, 0.25) is 5.91 Å². The Balaban J connectivity index is 1.19. The maximum atomic E-state index is 12.1. The van der Waals surface area contributed by atoms with Gasteiger partial charge in [0.05, 0.1) is 12.1 Å². The number of urea groups is 1. The molecule has 4 atom stereocenters. The van der Waals surface area contributed by atoms with Gasteiger partial charge in [0, 0.05) is 35.2 Å². The second-order valence-electron chi connectivity index (χ2n) is 8.07. The van der Waals surface area contributed by atoms with Gasteiger partial charge in [-0.15, -0.1) is 0 Å². The van der Waals surface area contributed by atoms with Crippen LogP contribution in [-0.4, -0.2) is 60.3 Å². The second kappa shape index (κ2) is 12.6. The fourth-order valence-electron chi connectivity index (χ4n) is 3.74. The summed E-state index contributed by atoms with van der Waals surface area (Å²) in [4.78, 5) is 35.6. The average Bonchev–Trinajstić information content (AvgIpc) is 3.32. The van der Waals surface area contributed by atoms with Crippen molar-refractivity contribution in [3.63, 3.8) is 0 Å². The first-order valence-corrected chi connectivity index (χ1v) is 15.4. The molecule has 0 aromatic heterocycles. The van der Waals surface area contributed by atoms with Crippen LogP contribution >= 0.6 is 30.5 Å². The maximum absolute atomic E-state index is 12.1. The highest BCUT2D eigenvalue weighted by atomic mass is 32.7. The van der Waals surface area contributed by atoms with Crippen molar-refractivity contribution in [3.8, 4) is 0 Å². The van der Waals surface area contributed by atoms with E-state index in [1.165, 1.54) is 11.6 Å². The Hall–Kier alpha value is -1.64. The number of anilines is 1. The predicted molar refractivity (Wildman–Crippen MR) is 135 cm³/mol. The van der Waals surface area contributed by atoms with Gasteiger partial charge in [0.1, 0.15) is 0 Å². The molecule has 32 heavy (non-hydrogen) atoms. The molecule has 4 amide bonds. The fraction of sp³-hybridized carbons (Fsp3) is 0.571. The highest BCUT2D eigenvalue weighted by molar-refractivity contribution is 8.54. The highest BCUT2D eigenvalue weighted by Gasteiger charge is 2.42. The van der Waals surface area contributed by atoms with E-state index in [0.29, 0.717) is 29.5 Å². The van der Waals surface area contributed by atoms with Crippen LogP contribution in [0.5, 0.6) is 0 Å². The third-order valence-electron chi connectivity index (χ3n) is 5.50. The minimum absolute atomic E-state index is 0.0537. The van der Waals surface area contributed by atoms with E-state index < -0.39 is 0 Å². The lowest BCUT2D eigenvalue weighted by atomic mass is 10.0. The number of fused-ring (bicyclic) bond motifs is 1. The number of nitrogens with one attached hydrogen (secondary N) is 4. The molecular formula is C21H32N5O3PS2. The van der Waals surface area contributed by atoms with E-state index in [1.54, 1.807) is 24.3 Å². The van der Waals surface area contributed by atoms with Crippen LogP contribution < -0.4 is 26.4 Å². The zero-order chi connectivity index (χ0) is 22.9. The first kappa shape index (κ1) is 25.0. The highest BCUT2D eigenvalue weighted by Crippen LogP contribution is 2.44. The molecule has 0 saturated carbocycles. The van der Waals surface area contributed by atoms with Gasteiger partial charge >= 0.3 is 6.03 Å². The summed E-state index contributed by atoms with van der Waals surface area (Å²) >= 11 is 3.43. The first-order chi connectivity index (χ1) is 15.4. The Kier molecular flexibility index (Phi) is 9.81. The monoisotopic (exact) mass is 497 g/mol. The maximum Gasteiger partial charge on any atom is 0.315 e. The molecule has 1 aromatic rings. The molecule has 0 spiro atoms. The summed E-state index contributed by atoms with van der Waals surface area (Å²) in [6, 6.07) is 7.31. The van der Waals surface area contributed by atoms with E-state index >= 15 is 0 Å². The molecule has 2 fully saturated rings. The number of nitrogen functional groups attached to an aromatic ring is 1. The molecule has 0 aliphatic carbocycles. The molecule has 3 rings (SSSR count). The lowest BCUT2D eigenvalue weighted by Gasteiger charge is -2.16. The molecule has 176 valence electrons. The van der Waals surface area contributed by atoms with E-state index in [0.717, 1.165) is 37.6 Å². The van der Waals surface area contributed by atoms with Crippen molar-refractivity contribution in [2.45, 2.75) is 49.4 Å². The molecular weight excluding hydrogens is 465 g/mol. The fourth-order valence-corrected chi connectivity index (χ4v) is 7.77. The topological polar surface area (TPSA) is 125 Å². The molecule has 6 N–H and O–H groups in total. The van der Waals surface area contributed by atoms with Gasteiger partial charge in [-0.25, -0.2) is 4.79 Å². The molecule has 8 nitrogen and oxygen atoms in total. The number of rotatable bonds is 12. The van der Waals surface area contributed by atoms with E-state index in [9.17, 15) is 14.4 Å². The van der Waals surface area contributed by atoms with Gasteiger partial charge in [-0.3, -0.25) is 14.3 Å². The van der Waals surface area contributed by atoms with Crippen LogP contribution in [0.15, 0.2) is 24.3 Å². The number of carbonyl (C=O) groups excluding carboxylic acids is 3. The Morgan fingerprint density at radius 2 is 2.00 bits per heavy atom. The van der Waals surface area contributed by atoms with Gasteiger partial charge in [0.25, 0.3) is 5.91 Å². The molecule has 2 aliphatic rings. The third kappa shape index (κ3) is 7.74. The average molecular weight is 498 g/mol. The molecule has 2 heterocycles. The van der Waals surface area contributed by atoms with Crippen LogP contribution in [0.1, 0.15) is 42.5 Å². The Morgan fingerprint density at radius 1 is 1.22 bits per heavy atom. The lowest BCUT2D eigenvalue weighted by Crippen LogP contribution is -2.36. The van der Waals surface area contributed by atoms with Crippen molar-refractivity contribution >= 4 is 54.0 Å². The zero-order valence-electron chi connectivity index (χ0n) is 18.3. The Morgan fingerprint density at radius 3 is 2.78 bits per heavy atom. The van der Waals surface area contributed by atoms with Crippen LogP contribution in [0, 0.1) is 0 Å². The zero-order valence-corrected chi connectivity index (χ0v) is 20.8. The number of amides is 4. The molecule has 4 unspecified atom stereocenters. The van der Waals surface area contributed by atoms with E-state index in [-0.39, 0.29) is 37.1 Å². The van der Waals surface area contributed by atoms with Gasteiger partial charge in [0.15, 0.2) is 0 Å². The Labute approximate surface area is 199 Å². The van der Waals surface area contributed by atoms with Crippen molar-refractivity contribution in [3.05, 3.63) is 29.8 Å². The summed E-state index contributed by atoms with van der Waals surface area (Å²) in [6.45, 7) is 2.75. The van der Waals surface area contributed by atoms with E-state index in [2.05, 4.69) is 27.3 Å². The molecule has 0 radical (unpaired) electrons. The standard InChI is InChI=1S/C21H32N5O3PS2/c1-30(12-4-11-23-20(28)14-7-9-15(22)10-8-14)32-26-18(27)6-3-2-5-17-19-16(13-31-17)24-21(29)25-19/h7-10,16-17,19H,2-6,11-13,22H2,1H3,(H,23,28)(H,26,27)(H2,24,25,29). The van der Waals surface area contributed by atoms with Crippen LogP contribution in [0.3, 0.4) is 0 Å². The minimum atomic E-state index is -0.373. The van der Waals surface area contributed by atoms with Crippen LogP contribution in [0.25, 0.3) is 0 Å². The van der Waals surface area contributed by atoms with Crippen molar-refractivity contribution in [1.82, 2.24) is 20.7 Å². The van der Waals surface area contributed by atoms with Gasteiger partial charge in [-0.05, 0) is 75.0 Å². The van der Waals surface area contributed by atoms with Crippen molar-refractivity contribution < 1.29 is 14.4 Å². The summed E-state index contributed by atoms with van der Waals surface area (Å²) < 4.78 is 2.97. The molecule has 2 saturated heterocycles. The molecule has 11 heteroatoms. The Bertz CT molecular complexity index is 798. The smallest absolute Gasteiger partial charge is 0.315 e. The summed E-state index contributed by atoms with van der Waals surface area (Å²) in [7, 11) is -0.373. The van der Waals surface area contributed by atoms with Gasteiger partial charge in [-0.1, -0.05) is 6.42 Å². The summed E-state index contributed by atoms with van der Waals surface area (Å²) in [5, 5.41) is 9.32. The van der Waals surface area contributed by atoms with E-state index in [1.807, 2.05) is 11.8 Å². The van der Waals surface area contributed by atoms with Crippen molar-refractivity contribution in [2.24, 2.45) is 0 Å². The van der Waals surface area contributed by atoms with Crippen LogP contribution in [-0.2, 0) is 4.79 Å².